The molecule has 4 rings (SSSR count). The summed E-state index contributed by atoms with van der Waals surface area (Å²) in [6.07, 6.45) is 0. The molecule has 3 amide bonds. The lowest BCUT2D eigenvalue weighted by Crippen LogP contribution is -2.41. The van der Waals surface area contributed by atoms with Crippen LogP contribution in [0.1, 0.15) is 17.3 Å². The van der Waals surface area contributed by atoms with Gasteiger partial charge in [0.05, 0.1) is 24.3 Å². The average Bonchev–Trinajstić information content (AvgIpc) is 2.82. The van der Waals surface area contributed by atoms with Crippen molar-refractivity contribution in [2.24, 2.45) is 0 Å². The van der Waals surface area contributed by atoms with Crippen molar-refractivity contribution in [3.63, 3.8) is 0 Å². The second-order valence-electron chi connectivity index (χ2n) is 7.71. The van der Waals surface area contributed by atoms with Gasteiger partial charge in [0.1, 0.15) is 6.54 Å². The molecule has 2 heterocycles. The number of carbonyl (C=O) groups excluding carboxylic acids is 3. The van der Waals surface area contributed by atoms with Crippen LogP contribution in [0.2, 0.25) is 0 Å². The Hall–Kier alpha value is -3.98. The number of hydrogen-bond donors (Lipinski definition) is 2. The van der Waals surface area contributed by atoms with Crippen molar-refractivity contribution in [2.75, 3.05) is 36.9 Å². The number of hydrogen-bond acceptors (Lipinski definition) is 5. The van der Waals surface area contributed by atoms with Crippen molar-refractivity contribution in [1.82, 2.24) is 9.47 Å². The SMILES string of the molecule is CC(=O)Nc1ccc(NC(=O)Cn2c(=O)cc(C(=O)N3CCOCC3)c3ccccc32)cc1. The molecule has 1 aliphatic heterocycles. The van der Waals surface area contributed by atoms with Crippen LogP contribution in [0.5, 0.6) is 0 Å². The zero-order chi connectivity index (χ0) is 23.4. The van der Waals surface area contributed by atoms with Crippen LogP contribution in [0.25, 0.3) is 10.9 Å². The number of ether oxygens (including phenoxy) is 1. The number of aromatic nitrogens is 1. The van der Waals surface area contributed by atoms with E-state index in [9.17, 15) is 19.2 Å². The van der Waals surface area contributed by atoms with Gasteiger partial charge in [-0.05, 0) is 30.3 Å². The number of pyridine rings is 1. The Kier molecular flexibility index (Phi) is 6.50. The van der Waals surface area contributed by atoms with Gasteiger partial charge in [0.25, 0.3) is 11.5 Å². The number of amides is 3. The number of morpholine rings is 1. The fraction of sp³-hybridized carbons (Fsp3) is 0.250. The Bertz CT molecular complexity index is 1260. The number of nitrogens with zero attached hydrogens (tertiary/aromatic N) is 2. The van der Waals surface area contributed by atoms with Crippen molar-refractivity contribution < 1.29 is 19.1 Å². The highest BCUT2D eigenvalue weighted by atomic mass is 16.5. The molecule has 1 aliphatic rings. The number of nitrogens with one attached hydrogen (secondary N) is 2. The van der Waals surface area contributed by atoms with Gasteiger partial charge in [0.15, 0.2) is 0 Å². The molecule has 1 saturated heterocycles. The highest BCUT2D eigenvalue weighted by Crippen LogP contribution is 2.20. The van der Waals surface area contributed by atoms with E-state index in [0.29, 0.717) is 54.1 Å². The molecule has 1 fully saturated rings. The molecule has 33 heavy (non-hydrogen) atoms. The van der Waals surface area contributed by atoms with Gasteiger partial charge < -0.3 is 20.3 Å². The van der Waals surface area contributed by atoms with Crippen LogP contribution in [-0.2, 0) is 20.9 Å². The lowest BCUT2D eigenvalue weighted by atomic mass is 10.1. The first-order valence-electron chi connectivity index (χ1n) is 10.6. The molecular weight excluding hydrogens is 424 g/mol. The smallest absolute Gasteiger partial charge is 0.254 e. The summed E-state index contributed by atoms with van der Waals surface area (Å²) in [5.74, 6) is -0.794. The summed E-state index contributed by atoms with van der Waals surface area (Å²) in [5, 5.41) is 6.02. The van der Waals surface area contributed by atoms with E-state index in [0.717, 1.165) is 0 Å². The average molecular weight is 448 g/mol. The zero-order valence-corrected chi connectivity index (χ0v) is 18.2. The highest BCUT2D eigenvalue weighted by Gasteiger charge is 2.22. The molecule has 2 N–H and O–H groups in total. The molecule has 0 unspecified atom stereocenters. The first kappa shape index (κ1) is 22.2. The molecule has 0 aliphatic carbocycles. The van der Waals surface area contributed by atoms with E-state index in [1.165, 1.54) is 17.6 Å². The Morgan fingerprint density at radius 1 is 0.939 bits per heavy atom. The fourth-order valence-corrected chi connectivity index (χ4v) is 3.80. The Balaban J connectivity index is 1.57. The number of carbonyl (C=O) groups is 3. The van der Waals surface area contributed by atoms with E-state index in [4.69, 9.17) is 4.74 Å². The van der Waals surface area contributed by atoms with Crippen molar-refractivity contribution in [3.8, 4) is 0 Å². The van der Waals surface area contributed by atoms with Crippen molar-refractivity contribution in [3.05, 3.63) is 70.5 Å². The highest BCUT2D eigenvalue weighted by molar-refractivity contribution is 6.06. The Morgan fingerprint density at radius 2 is 1.58 bits per heavy atom. The summed E-state index contributed by atoms with van der Waals surface area (Å²) in [6, 6.07) is 15.0. The standard InChI is InChI=1S/C24H24N4O5/c1-16(29)25-17-6-8-18(9-7-17)26-22(30)15-28-21-5-3-2-4-19(21)20(14-23(28)31)24(32)27-10-12-33-13-11-27/h2-9,14H,10-13,15H2,1H3,(H,25,29)(H,26,30). The second-order valence-corrected chi connectivity index (χ2v) is 7.71. The fourth-order valence-electron chi connectivity index (χ4n) is 3.80. The number of para-hydroxylation sites is 1. The Labute approximate surface area is 189 Å². The number of rotatable bonds is 5. The predicted octanol–water partition coefficient (Wildman–Crippen LogP) is 2.07. The molecule has 0 spiro atoms. The molecule has 1 aromatic heterocycles. The number of fused-ring (bicyclic) bond motifs is 1. The van der Waals surface area contributed by atoms with Crippen LogP contribution in [0.3, 0.4) is 0 Å². The largest absolute Gasteiger partial charge is 0.378 e. The first-order valence-corrected chi connectivity index (χ1v) is 10.6. The van der Waals surface area contributed by atoms with Gasteiger partial charge in [0, 0.05) is 42.8 Å². The quantitative estimate of drug-likeness (QED) is 0.621. The van der Waals surface area contributed by atoms with E-state index in [-0.39, 0.29) is 24.3 Å². The van der Waals surface area contributed by atoms with E-state index in [1.807, 2.05) is 0 Å². The van der Waals surface area contributed by atoms with Gasteiger partial charge in [-0.2, -0.15) is 0 Å². The maximum absolute atomic E-state index is 13.1. The molecule has 0 saturated carbocycles. The summed E-state index contributed by atoms with van der Waals surface area (Å²) in [6.45, 7) is 3.08. The molecule has 9 nitrogen and oxygen atoms in total. The van der Waals surface area contributed by atoms with Crippen molar-refractivity contribution >= 4 is 40.0 Å². The second kappa shape index (κ2) is 9.66. The van der Waals surface area contributed by atoms with Gasteiger partial charge in [-0.15, -0.1) is 0 Å². The number of anilines is 2. The summed E-state index contributed by atoms with van der Waals surface area (Å²) < 4.78 is 6.66. The maximum Gasteiger partial charge on any atom is 0.254 e. The minimum Gasteiger partial charge on any atom is -0.378 e. The topological polar surface area (TPSA) is 110 Å². The Morgan fingerprint density at radius 3 is 2.24 bits per heavy atom. The molecule has 3 aromatic rings. The van der Waals surface area contributed by atoms with E-state index in [1.54, 1.807) is 53.4 Å². The summed E-state index contributed by atoms with van der Waals surface area (Å²) >= 11 is 0. The van der Waals surface area contributed by atoms with Crippen LogP contribution in [0.4, 0.5) is 11.4 Å². The van der Waals surface area contributed by atoms with E-state index >= 15 is 0 Å². The number of benzene rings is 2. The first-order chi connectivity index (χ1) is 15.9. The third kappa shape index (κ3) is 5.09. The maximum atomic E-state index is 13.1. The van der Waals surface area contributed by atoms with Crippen molar-refractivity contribution in [2.45, 2.75) is 13.5 Å². The van der Waals surface area contributed by atoms with Gasteiger partial charge in [0.2, 0.25) is 11.8 Å². The lowest BCUT2D eigenvalue weighted by Gasteiger charge is -2.27. The molecule has 170 valence electrons. The predicted molar refractivity (Wildman–Crippen MR) is 124 cm³/mol. The van der Waals surface area contributed by atoms with Crippen LogP contribution in [0.15, 0.2) is 59.4 Å². The van der Waals surface area contributed by atoms with Crippen molar-refractivity contribution in [1.29, 1.82) is 0 Å². The molecule has 2 aromatic carbocycles. The minimum absolute atomic E-state index is 0.186. The van der Waals surface area contributed by atoms with Crippen LogP contribution in [0, 0.1) is 0 Å². The van der Waals surface area contributed by atoms with E-state index < -0.39 is 5.56 Å². The molecule has 0 bridgehead atoms. The van der Waals surface area contributed by atoms with Gasteiger partial charge >= 0.3 is 0 Å². The van der Waals surface area contributed by atoms with Crippen LogP contribution >= 0.6 is 0 Å². The van der Waals surface area contributed by atoms with Crippen LogP contribution in [-0.4, -0.2) is 53.5 Å². The lowest BCUT2D eigenvalue weighted by molar-refractivity contribution is -0.117. The zero-order valence-electron chi connectivity index (χ0n) is 18.2. The third-order valence-corrected chi connectivity index (χ3v) is 5.34. The monoisotopic (exact) mass is 448 g/mol. The molecule has 0 atom stereocenters. The summed E-state index contributed by atoms with van der Waals surface area (Å²) in [7, 11) is 0. The van der Waals surface area contributed by atoms with Gasteiger partial charge in [-0.25, -0.2) is 0 Å². The molecule has 0 radical (unpaired) electrons. The summed E-state index contributed by atoms with van der Waals surface area (Å²) in [4.78, 5) is 51.5. The van der Waals surface area contributed by atoms with Gasteiger partial charge in [-0.1, -0.05) is 18.2 Å². The van der Waals surface area contributed by atoms with Gasteiger partial charge in [-0.3, -0.25) is 23.7 Å². The van der Waals surface area contributed by atoms with E-state index in [2.05, 4.69) is 10.6 Å². The normalized spacial score (nSPS) is 13.5. The summed E-state index contributed by atoms with van der Waals surface area (Å²) in [5.41, 5.74) is 1.55. The molecule has 9 heteroatoms. The molecular formula is C24H24N4O5. The minimum atomic E-state index is -0.429. The third-order valence-electron chi connectivity index (χ3n) is 5.34. The van der Waals surface area contributed by atoms with Crippen LogP contribution < -0.4 is 16.2 Å².